The van der Waals surface area contributed by atoms with Gasteiger partial charge in [0.2, 0.25) is 0 Å². The maximum atomic E-state index is 13.6. The molecule has 3 heterocycles. The first-order valence-corrected chi connectivity index (χ1v) is 9.93. The van der Waals surface area contributed by atoms with Gasteiger partial charge in [-0.25, -0.2) is 14.3 Å². The summed E-state index contributed by atoms with van der Waals surface area (Å²) in [6, 6.07) is 17.0. The number of fused-ring (bicyclic) bond motifs is 2. The van der Waals surface area contributed by atoms with Crippen molar-refractivity contribution >= 4 is 17.2 Å². The molecule has 3 aromatic heterocycles. The van der Waals surface area contributed by atoms with Crippen LogP contribution in [0, 0.1) is 0 Å². The smallest absolute Gasteiger partial charge is 0.345 e. The van der Waals surface area contributed by atoms with Crippen molar-refractivity contribution in [2.75, 3.05) is 0 Å². The van der Waals surface area contributed by atoms with E-state index in [0.717, 1.165) is 24.0 Å². The maximum absolute atomic E-state index is 13.6. The van der Waals surface area contributed by atoms with Gasteiger partial charge in [0, 0.05) is 23.7 Å². The maximum Gasteiger partial charge on any atom is 0.345 e. The van der Waals surface area contributed by atoms with E-state index >= 15 is 0 Å². The van der Waals surface area contributed by atoms with Gasteiger partial charge in [-0.15, -0.1) is 0 Å². The summed E-state index contributed by atoms with van der Waals surface area (Å²) < 4.78 is 3.23. The molecule has 4 aromatic rings. The number of hydrogen-bond donors (Lipinski definition) is 0. The highest BCUT2D eigenvalue weighted by atomic mass is 35.5. The summed E-state index contributed by atoms with van der Waals surface area (Å²) in [5.74, 6) is -0.421. The van der Waals surface area contributed by atoms with Crippen LogP contribution < -0.4 is 15.2 Å². The molecule has 1 atom stereocenters. The fourth-order valence-corrected chi connectivity index (χ4v) is 4.40. The van der Waals surface area contributed by atoms with Gasteiger partial charge in [-0.1, -0.05) is 48.0 Å². The number of benzene rings is 1. The van der Waals surface area contributed by atoms with E-state index in [4.69, 9.17) is 11.6 Å². The quantitative estimate of drug-likeness (QED) is 0.390. The van der Waals surface area contributed by atoms with Crippen LogP contribution in [0.4, 0.5) is 0 Å². The Morgan fingerprint density at radius 2 is 1.97 bits per heavy atom. The molecule has 1 aromatic carbocycles. The van der Waals surface area contributed by atoms with Crippen LogP contribution in [0.15, 0.2) is 71.8 Å². The number of aromatic nitrogens is 3. The summed E-state index contributed by atoms with van der Waals surface area (Å²) >= 11 is 5.90. The highest BCUT2D eigenvalue weighted by Crippen LogP contribution is 2.38. The minimum Gasteiger partial charge on any atom is -0.842 e. The lowest BCUT2D eigenvalue weighted by Crippen LogP contribution is -2.45. The van der Waals surface area contributed by atoms with Crippen LogP contribution in [-0.4, -0.2) is 9.38 Å². The Hall–Kier alpha value is -3.18. The van der Waals surface area contributed by atoms with E-state index in [0.29, 0.717) is 22.9 Å². The monoisotopic (exact) mass is 403 g/mol. The molecule has 0 saturated heterocycles. The fraction of sp³-hybridized carbons (Fsp3) is 0.174. The van der Waals surface area contributed by atoms with Crippen LogP contribution in [0.3, 0.4) is 0 Å². The van der Waals surface area contributed by atoms with Gasteiger partial charge in [0.1, 0.15) is 11.7 Å². The molecule has 1 aliphatic carbocycles. The highest BCUT2D eigenvalue weighted by Gasteiger charge is 2.31. The Labute approximate surface area is 172 Å². The van der Waals surface area contributed by atoms with E-state index < -0.39 is 0 Å². The van der Waals surface area contributed by atoms with Gasteiger partial charge < -0.3 is 5.11 Å². The van der Waals surface area contributed by atoms with Crippen LogP contribution in [0.25, 0.3) is 5.65 Å². The van der Waals surface area contributed by atoms with E-state index in [1.54, 1.807) is 39.6 Å². The van der Waals surface area contributed by atoms with Crippen molar-refractivity contribution in [2.24, 2.45) is 0 Å². The van der Waals surface area contributed by atoms with Crippen molar-refractivity contribution < 1.29 is 9.67 Å². The lowest BCUT2D eigenvalue weighted by atomic mass is 9.94. The average Bonchev–Trinajstić information content (AvgIpc) is 3.17. The minimum absolute atomic E-state index is 0.183. The fourth-order valence-electron chi connectivity index (χ4n) is 4.29. The van der Waals surface area contributed by atoms with Gasteiger partial charge in [0.15, 0.2) is 0 Å². The summed E-state index contributed by atoms with van der Waals surface area (Å²) in [5, 5.41) is 14.0. The van der Waals surface area contributed by atoms with E-state index in [9.17, 15) is 9.90 Å². The topological polar surface area (TPSA) is 61.3 Å². The molecular weight excluding hydrogens is 386 g/mol. The molecule has 0 amide bonds. The number of hydrogen-bond acceptors (Lipinski definition) is 3. The molecule has 0 N–H and O–H groups in total. The van der Waals surface area contributed by atoms with Gasteiger partial charge in [-0.3, -0.25) is 0 Å². The van der Waals surface area contributed by atoms with Crippen molar-refractivity contribution in [1.82, 2.24) is 9.38 Å². The second-order valence-electron chi connectivity index (χ2n) is 7.32. The number of halogens is 1. The first-order chi connectivity index (χ1) is 14.1. The highest BCUT2D eigenvalue weighted by molar-refractivity contribution is 6.29. The van der Waals surface area contributed by atoms with Crippen molar-refractivity contribution in [3.63, 3.8) is 0 Å². The van der Waals surface area contributed by atoms with Gasteiger partial charge in [-0.2, -0.15) is 4.40 Å². The zero-order valence-electron chi connectivity index (χ0n) is 15.6. The Kier molecular flexibility index (Phi) is 4.32. The summed E-state index contributed by atoms with van der Waals surface area (Å²) in [7, 11) is 0. The Balaban J connectivity index is 1.73. The van der Waals surface area contributed by atoms with Gasteiger partial charge in [0.05, 0.1) is 17.6 Å². The largest absolute Gasteiger partial charge is 0.842 e. The summed E-state index contributed by atoms with van der Waals surface area (Å²) in [4.78, 5) is 17.4. The molecule has 0 bridgehead atoms. The molecular formula is C23H18ClN3O2. The van der Waals surface area contributed by atoms with Gasteiger partial charge in [-0.05, 0) is 36.1 Å². The van der Waals surface area contributed by atoms with Crippen LogP contribution in [0.5, 0.6) is 5.88 Å². The summed E-state index contributed by atoms with van der Waals surface area (Å²) in [6.07, 6.45) is 5.02. The lowest BCUT2D eigenvalue weighted by molar-refractivity contribution is -0.709. The van der Waals surface area contributed by atoms with E-state index in [2.05, 4.69) is 11.1 Å². The lowest BCUT2D eigenvalue weighted by Gasteiger charge is -2.20. The molecule has 29 heavy (non-hydrogen) atoms. The first-order valence-electron chi connectivity index (χ1n) is 9.56. The van der Waals surface area contributed by atoms with Crippen LogP contribution in [0.1, 0.15) is 34.6 Å². The SMILES string of the molecule is O=c1c(C2CCc3ccccc32)c([O-])[n+](Cc2ccc(Cl)nc2)c2ccccn12. The zero-order valence-corrected chi connectivity index (χ0v) is 16.3. The Morgan fingerprint density at radius 1 is 1.14 bits per heavy atom. The van der Waals surface area contributed by atoms with Gasteiger partial charge in [0.25, 0.3) is 5.65 Å². The number of nitrogens with zero attached hydrogens (tertiary/aromatic N) is 3. The molecule has 5 rings (SSSR count). The van der Waals surface area contributed by atoms with Crippen LogP contribution >= 0.6 is 11.6 Å². The van der Waals surface area contributed by atoms with E-state index in [-0.39, 0.29) is 17.4 Å². The standard InChI is InChI=1S/C23H18ClN3O2/c24-19-11-8-15(13-25-19)14-27-20-7-3-4-12-26(20)22(28)21(23(27)29)18-10-9-16-5-1-2-6-17(16)18/h1-8,11-13,18H,9-10,14H2. The molecule has 0 fully saturated rings. The second kappa shape index (κ2) is 7.01. The van der Waals surface area contributed by atoms with Crippen LogP contribution in [-0.2, 0) is 13.0 Å². The van der Waals surface area contributed by atoms with E-state index in [1.807, 2.05) is 30.3 Å². The van der Waals surface area contributed by atoms with Crippen molar-refractivity contribution in [2.45, 2.75) is 25.3 Å². The Bertz CT molecular complexity index is 1280. The van der Waals surface area contributed by atoms with Crippen molar-refractivity contribution in [3.05, 3.63) is 105 Å². The van der Waals surface area contributed by atoms with Crippen molar-refractivity contribution in [3.8, 4) is 5.88 Å². The zero-order chi connectivity index (χ0) is 20.0. The number of aryl methyl sites for hydroxylation is 1. The normalized spacial score (nSPS) is 15.6. The average molecular weight is 404 g/mol. The molecule has 0 aliphatic heterocycles. The molecule has 0 spiro atoms. The van der Waals surface area contributed by atoms with Crippen molar-refractivity contribution in [1.29, 1.82) is 0 Å². The Morgan fingerprint density at radius 3 is 2.79 bits per heavy atom. The summed E-state index contributed by atoms with van der Waals surface area (Å²) in [5.41, 5.74) is 3.80. The predicted molar refractivity (Wildman–Crippen MR) is 108 cm³/mol. The molecule has 5 nitrogen and oxygen atoms in total. The number of rotatable bonds is 3. The predicted octanol–water partition coefficient (Wildman–Crippen LogP) is 2.84. The molecule has 144 valence electrons. The third kappa shape index (κ3) is 2.98. The molecule has 0 radical (unpaired) electrons. The van der Waals surface area contributed by atoms with Crippen LogP contribution in [0.2, 0.25) is 5.15 Å². The van der Waals surface area contributed by atoms with Gasteiger partial charge >= 0.3 is 5.56 Å². The molecule has 1 aliphatic rings. The summed E-state index contributed by atoms with van der Waals surface area (Å²) in [6.45, 7) is 0.318. The first kappa shape index (κ1) is 17.9. The minimum atomic E-state index is -0.238. The third-order valence-corrected chi connectivity index (χ3v) is 5.87. The third-order valence-electron chi connectivity index (χ3n) is 5.65. The van der Waals surface area contributed by atoms with E-state index in [1.165, 1.54) is 5.56 Å². The molecule has 0 saturated carbocycles. The number of pyridine rings is 2. The second-order valence-corrected chi connectivity index (χ2v) is 7.71. The molecule has 1 unspecified atom stereocenters. The molecule has 6 heteroatoms.